The van der Waals surface area contributed by atoms with Crippen LogP contribution >= 0.6 is 11.6 Å². The van der Waals surface area contributed by atoms with Gasteiger partial charge < -0.3 is 20.2 Å². The molecule has 0 saturated heterocycles. The molecule has 3 N–H and O–H groups in total. The molecule has 6 nitrogen and oxygen atoms in total. The quantitative estimate of drug-likeness (QED) is 0.325. The van der Waals surface area contributed by atoms with Crippen LogP contribution in [0.2, 0.25) is 5.02 Å². The van der Waals surface area contributed by atoms with Crippen molar-refractivity contribution >= 4 is 50.9 Å². The number of benzene rings is 2. The summed E-state index contributed by atoms with van der Waals surface area (Å²) in [7, 11) is 0. The first kappa shape index (κ1) is 19.1. The molecular formula is C23H17ClFN5O. The first-order valence-corrected chi connectivity index (χ1v) is 9.98. The minimum absolute atomic E-state index is 0.0552. The summed E-state index contributed by atoms with van der Waals surface area (Å²) < 4.78 is 16.1. The van der Waals surface area contributed by atoms with Crippen LogP contribution in [0.5, 0.6) is 0 Å². The lowest BCUT2D eigenvalue weighted by molar-refractivity contribution is 0.262. The van der Waals surface area contributed by atoms with Crippen LogP contribution in [0, 0.1) is 5.82 Å². The fraction of sp³-hybridized carbons (Fsp3) is 0.0435. The predicted octanol–water partition coefficient (Wildman–Crippen LogP) is 6.00. The van der Waals surface area contributed by atoms with Gasteiger partial charge in [0.15, 0.2) is 0 Å². The molecule has 0 saturated carbocycles. The summed E-state index contributed by atoms with van der Waals surface area (Å²) in [5.74, 6) is -0.597. The molecule has 3 aromatic heterocycles. The number of pyridine rings is 1. The van der Waals surface area contributed by atoms with Crippen molar-refractivity contribution in [1.29, 1.82) is 0 Å². The van der Waals surface area contributed by atoms with E-state index in [1.165, 1.54) is 12.1 Å². The molecule has 31 heavy (non-hydrogen) atoms. The molecule has 2 aromatic carbocycles. The number of rotatable bonds is 4. The van der Waals surface area contributed by atoms with E-state index in [0.717, 1.165) is 33.6 Å². The van der Waals surface area contributed by atoms with E-state index in [-0.39, 0.29) is 10.7 Å². The third-order valence-corrected chi connectivity index (χ3v) is 5.35. The van der Waals surface area contributed by atoms with Crippen molar-refractivity contribution in [2.24, 2.45) is 0 Å². The lowest BCUT2D eigenvalue weighted by Gasteiger charge is -2.10. The Morgan fingerprint density at radius 2 is 1.94 bits per heavy atom. The first-order chi connectivity index (χ1) is 15.1. The number of hydrogen-bond donors (Lipinski definition) is 3. The topological polar surface area (TPSA) is 74.7 Å². The molecule has 5 aromatic rings. The molecule has 154 valence electrons. The Morgan fingerprint density at radius 1 is 1.06 bits per heavy atom. The number of amides is 2. The maximum atomic E-state index is 14.0. The van der Waals surface area contributed by atoms with Gasteiger partial charge >= 0.3 is 6.03 Å². The lowest BCUT2D eigenvalue weighted by atomic mass is 10.2. The van der Waals surface area contributed by atoms with Gasteiger partial charge in [-0.05, 0) is 54.1 Å². The number of aromatic amines is 1. The van der Waals surface area contributed by atoms with Crippen molar-refractivity contribution in [3.8, 4) is 0 Å². The highest BCUT2D eigenvalue weighted by molar-refractivity contribution is 6.30. The SMILES string of the molecule is O=C(Nc1ccc(Cl)cc1F)Nc1cccc2c1ccn2Cc1c[nH]c2ncccc12. The van der Waals surface area contributed by atoms with Gasteiger partial charge in [-0.25, -0.2) is 14.2 Å². The molecule has 0 aliphatic rings. The second-order valence-corrected chi connectivity index (χ2v) is 7.54. The number of carbonyl (C=O) groups excluding carboxylic acids is 1. The zero-order chi connectivity index (χ0) is 21.4. The Balaban J connectivity index is 1.39. The van der Waals surface area contributed by atoms with Gasteiger partial charge in [-0.2, -0.15) is 0 Å². The minimum atomic E-state index is -0.597. The van der Waals surface area contributed by atoms with Crippen LogP contribution in [-0.2, 0) is 6.54 Å². The number of carbonyl (C=O) groups is 1. The standard InChI is InChI=1S/C23H17ClFN5O/c24-15-6-7-20(18(25)11-15)29-23(31)28-19-4-1-5-21-17(19)8-10-30(21)13-14-12-27-22-16(14)3-2-9-26-22/h1-12H,13H2,(H,26,27)(H2,28,29,31). The molecule has 0 spiro atoms. The number of aromatic nitrogens is 3. The monoisotopic (exact) mass is 433 g/mol. The Hall–Kier alpha value is -3.84. The summed E-state index contributed by atoms with van der Waals surface area (Å²) in [6.45, 7) is 0.654. The van der Waals surface area contributed by atoms with Gasteiger partial charge in [0.05, 0.1) is 16.9 Å². The van der Waals surface area contributed by atoms with Crippen LogP contribution in [0.25, 0.3) is 21.9 Å². The van der Waals surface area contributed by atoms with Gasteiger partial charge in [-0.1, -0.05) is 17.7 Å². The number of fused-ring (bicyclic) bond motifs is 2. The molecule has 0 radical (unpaired) electrons. The van der Waals surface area contributed by atoms with Crippen LogP contribution < -0.4 is 10.6 Å². The maximum Gasteiger partial charge on any atom is 0.323 e. The van der Waals surface area contributed by atoms with Gasteiger partial charge in [-0.3, -0.25) is 0 Å². The number of hydrogen-bond acceptors (Lipinski definition) is 2. The van der Waals surface area contributed by atoms with E-state index in [2.05, 4.69) is 25.2 Å². The van der Waals surface area contributed by atoms with E-state index in [1.54, 1.807) is 12.3 Å². The van der Waals surface area contributed by atoms with Gasteiger partial charge in [0.25, 0.3) is 0 Å². The normalized spacial score (nSPS) is 11.2. The molecular weight excluding hydrogens is 417 g/mol. The number of nitrogens with one attached hydrogen (secondary N) is 3. The van der Waals surface area contributed by atoms with Crippen LogP contribution in [0.4, 0.5) is 20.6 Å². The van der Waals surface area contributed by atoms with Crippen molar-refractivity contribution in [2.75, 3.05) is 10.6 Å². The molecule has 0 aliphatic carbocycles. The highest BCUT2D eigenvalue weighted by atomic mass is 35.5. The number of halogens is 2. The molecule has 3 heterocycles. The second-order valence-electron chi connectivity index (χ2n) is 7.10. The first-order valence-electron chi connectivity index (χ1n) is 9.60. The Kier molecular flexibility index (Phi) is 4.80. The fourth-order valence-corrected chi connectivity index (χ4v) is 3.82. The number of urea groups is 1. The van der Waals surface area contributed by atoms with Crippen LogP contribution in [0.1, 0.15) is 5.56 Å². The molecule has 0 bridgehead atoms. The summed E-state index contributed by atoms with van der Waals surface area (Å²) in [4.78, 5) is 20.0. The van der Waals surface area contributed by atoms with Crippen LogP contribution in [0.15, 0.2) is 73.2 Å². The molecule has 0 atom stereocenters. The average Bonchev–Trinajstić information content (AvgIpc) is 3.36. The van der Waals surface area contributed by atoms with Gasteiger partial charge in [0.2, 0.25) is 0 Å². The summed E-state index contributed by atoms with van der Waals surface area (Å²) in [6, 6.07) is 15.1. The van der Waals surface area contributed by atoms with E-state index >= 15 is 0 Å². The lowest BCUT2D eigenvalue weighted by Crippen LogP contribution is -2.20. The van der Waals surface area contributed by atoms with E-state index in [9.17, 15) is 9.18 Å². The highest BCUT2D eigenvalue weighted by Crippen LogP contribution is 2.27. The van der Waals surface area contributed by atoms with Crippen LogP contribution in [-0.4, -0.2) is 20.6 Å². The second kappa shape index (κ2) is 7.77. The summed E-state index contributed by atoms with van der Waals surface area (Å²) in [6.07, 6.45) is 5.69. The van der Waals surface area contributed by atoms with E-state index < -0.39 is 11.8 Å². The smallest absolute Gasteiger partial charge is 0.323 e. The molecule has 0 fully saturated rings. The van der Waals surface area contributed by atoms with Crippen LogP contribution in [0.3, 0.4) is 0 Å². The summed E-state index contributed by atoms with van der Waals surface area (Å²) in [5, 5.41) is 7.53. The van der Waals surface area contributed by atoms with Crippen molar-refractivity contribution in [1.82, 2.24) is 14.5 Å². The Labute approximate surface area is 181 Å². The Morgan fingerprint density at radius 3 is 2.81 bits per heavy atom. The third kappa shape index (κ3) is 3.71. The van der Waals surface area contributed by atoms with Crippen molar-refractivity contribution < 1.29 is 9.18 Å². The predicted molar refractivity (Wildman–Crippen MR) is 121 cm³/mol. The van der Waals surface area contributed by atoms with Gasteiger partial charge in [-0.15, -0.1) is 0 Å². The maximum absolute atomic E-state index is 14.0. The van der Waals surface area contributed by atoms with Crippen molar-refractivity contribution in [3.05, 3.63) is 89.6 Å². The van der Waals surface area contributed by atoms with Gasteiger partial charge in [0.1, 0.15) is 11.5 Å². The number of anilines is 2. The zero-order valence-electron chi connectivity index (χ0n) is 16.2. The van der Waals surface area contributed by atoms with E-state index in [1.807, 2.05) is 42.7 Å². The largest absolute Gasteiger partial charge is 0.346 e. The molecule has 0 unspecified atom stereocenters. The molecule has 2 amide bonds. The molecule has 5 rings (SSSR count). The summed E-state index contributed by atoms with van der Waals surface area (Å²) in [5.41, 5.74) is 3.62. The fourth-order valence-electron chi connectivity index (χ4n) is 3.66. The molecule has 0 aliphatic heterocycles. The number of H-pyrrole nitrogens is 1. The summed E-state index contributed by atoms with van der Waals surface area (Å²) >= 11 is 5.76. The van der Waals surface area contributed by atoms with E-state index in [4.69, 9.17) is 11.6 Å². The average molecular weight is 434 g/mol. The van der Waals surface area contributed by atoms with Crippen molar-refractivity contribution in [2.45, 2.75) is 6.54 Å². The zero-order valence-corrected chi connectivity index (χ0v) is 16.9. The highest BCUT2D eigenvalue weighted by Gasteiger charge is 2.12. The minimum Gasteiger partial charge on any atom is -0.346 e. The Bertz CT molecular complexity index is 1420. The van der Waals surface area contributed by atoms with E-state index in [0.29, 0.717) is 12.2 Å². The van der Waals surface area contributed by atoms with Crippen molar-refractivity contribution in [3.63, 3.8) is 0 Å². The third-order valence-electron chi connectivity index (χ3n) is 5.12. The number of nitrogens with zero attached hydrogens (tertiary/aromatic N) is 2. The molecule has 8 heteroatoms. The van der Waals surface area contributed by atoms with Gasteiger partial charge in [0, 0.05) is 40.9 Å².